The third-order valence-corrected chi connectivity index (χ3v) is 4.31. The first-order valence-corrected chi connectivity index (χ1v) is 7.69. The van der Waals surface area contributed by atoms with Crippen molar-refractivity contribution in [2.45, 2.75) is 13.0 Å². The summed E-state index contributed by atoms with van der Waals surface area (Å²) < 4.78 is 0.956. The van der Waals surface area contributed by atoms with Gasteiger partial charge in [-0.2, -0.15) is 0 Å². The smallest absolute Gasteiger partial charge is 0.124 e. The van der Waals surface area contributed by atoms with Gasteiger partial charge in [0.2, 0.25) is 0 Å². The minimum absolute atomic E-state index is 0.0626. The van der Waals surface area contributed by atoms with Gasteiger partial charge in [0, 0.05) is 27.8 Å². The van der Waals surface area contributed by atoms with Crippen molar-refractivity contribution in [2.24, 2.45) is 5.73 Å². The molecule has 1 atom stereocenters. The van der Waals surface area contributed by atoms with Gasteiger partial charge < -0.3 is 10.6 Å². The molecule has 3 N–H and O–H groups in total. The maximum absolute atomic E-state index is 7.73. The van der Waals surface area contributed by atoms with E-state index in [2.05, 4.69) is 27.8 Å². The maximum atomic E-state index is 7.73. The Morgan fingerprint density at radius 3 is 2.43 bits per heavy atom. The summed E-state index contributed by atoms with van der Waals surface area (Å²) in [6, 6.07) is 13.6. The first-order valence-electron chi connectivity index (χ1n) is 6.52. The molecule has 110 valence electrons. The summed E-state index contributed by atoms with van der Waals surface area (Å²) in [7, 11) is 1.99. The molecule has 0 aliphatic carbocycles. The maximum Gasteiger partial charge on any atom is 0.124 e. The van der Waals surface area contributed by atoms with Gasteiger partial charge in [0.1, 0.15) is 5.84 Å². The van der Waals surface area contributed by atoms with E-state index in [1.807, 2.05) is 49.5 Å². The molecular formula is C16H17BrClN3. The standard InChI is InChI=1S/C16H17BrClN3/c1-10(11-3-6-13(18)7-4-11)21(2)15-9-12(17)5-8-14(15)16(19)20/h3-10H,1-2H3,(H3,19,20). The van der Waals surface area contributed by atoms with E-state index in [1.54, 1.807) is 0 Å². The zero-order valence-electron chi connectivity index (χ0n) is 11.9. The number of amidine groups is 1. The molecule has 2 aromatic rings. The van der Waals surface area contributed by atoms with Crippen LogP contribution in [-0.2, 0) is 0 Å². The van der Waals surface area contributed by atoms with Crippen molar-refractivity contribution in [1.82, 2.24) is 0 Å². The van der Waals surface area contributed by atoms with Gasteiger partial charge in [-0.25, -0.2) is 0 Å². The third kappa shape index (κ3) is 3.57. The van der Waals surface area contributed by atoms with E-state index in [9.17, 15) is 0 Å². The quantitative estimate of drug-likeness (QED) is 0.614. The predicted molar refractivity (Wildman–Crippen MR) is 93.4 cm³/mol. The molecule has 0 aromatic heterocycles. The van der Waals surface area contributed by atoms with Gasteiger partial charge in [0.15, 0.2) is 0 Å². The molecule has 1 unspecified atom stereocenters. The lowest BCUT2D eigenvalue weighted by atomic mass is 10.0. The highest BCUT2D eigenvalue weighted by atomic mass is 79.9. The molecule has 0 heterocycles. The van der Waals surface area contributed by atoms with Crippen LogP contribution in [0.3, 0.4) is 0 Å². The van der Waals surface area contributed by atoms with Gasteiger partial charge in [0.05, 0.1) is 6.04 Å². The molecule has 0 saturated carbocycles. The Balaban J connectivity index is 2.39. The first-order chi connectivity index (χ1) is 9.90. The molecule has 2 rings (SSSR count). The van der Waals surface area contributed by atoms with Crippen LogP contribution in [0.1, 0.15) is 24.1 Å². The lowest BCUT2D eigenvalue weighted by Crippen LogP contribution is -2.25. The number of hydrogen-bond donors (Lipinski definition) is 2. The molecular weight excluding hydrogens is 350 g/mol. The van der Waals surface area contributed by atoms with Gasteiger partial charge >= 0.3 is 0 Å². The summed E-state index contributed by atoms with van der Waals surface area (Å²) in [6.07, 6.45) is 0. The van der Waals surface area contributed by atoms with Crippen molar-refractivity contribution >= 4 is 39.1 Å². The second-order valence-corrected chi connectivity index (χ2v) is 6.27. The van der Waals surface area contributed by atoms with E-state index in [4.69, 9.17) is 22.7 Å². The molecule has 3 nitrogen and oxygen atoms in total. The number of nitrogen functional groups attached to an aromatic ring is 1. The van der Waals surface area contributed by atoms with E-state index in [0.29, 0.717) is 0 Å². The van der Waals surface area contributed by atoms with Gasteiger partial charge in [-0.05, 0) is 42.8 Å². The molecule has 0 aliphatic rings. The summed E-state index contributed by atoms with van der Waals surface area (Å²) in [4.78, 5) is 2.10. The second-order valence-electron chi connectivity index (χ2n) is 4.91. The number of nitrogens with zero attached hydrogens (tertiary/aromatic N) is 1. The lowest BCUT2D eigenvalue weighted by molar-refractivity contribution is 0.739. The van der Waals surface area contributed by atoms with Crippen LogP contribution >= 0.6 is 27.5 Å². The van der Waals surface area contributed by atoms with E-state index in [0.717, 1.165) is 26.3 Å². The Bertz CT molecular complexity index is 655. The van der Waals surface area contributed by atoms with Crippen LogP contribution in [0, 0.1) is 5.41 Å². The molecule has 2 aromatic carbocycles. The van der Waals surface area contributed by atoms with Crippen LogP contribution in [-0.4, -0.2) is 12.9 Å². The highest BCUT2D eigenvalue weighted by molar-refractivity contribution is 9.10. The van der Waals surface area contributed by atoms with E-state index < -0.39 is 0 Å². The molecule has 21 heavy (non-hydrogen) atoms. The molecule has 0 aliphatic heterocycles. The minimum atomic E-state index is 0.0626. The Morgan fingerprint density at radius 2 is 1.86 bits per heavy atom. The van der Waals surface area contributed by atoms with Crippen LogP contribution in [0.25, 0.3) is 0 Å². The van der Waals surface area contributed by atoms with Crippen LogP contribution in [0.15, 0.2) is 46.9 Å². The molecule has 0 radical (unpaired) electrons. The van der Waals surface area contributed by atoms with Gasteiger partial charge in [-0.1, -0.05) is 39.7 Å². The average molecular weight is 367 g/mol. The SMILES string of the molecule is CC(c1ccc(Cl)cc1)N(C)c1cc(Br)ccc1C(=N)N. The normalized spacial score (nSPS) is 12.0. The van der Waals surface area contributed by atoms with Crippen LogP contribution in [0.2, 0.25) is 5.02 Å². The number of benzene rings is 2. The highest BCUT2D eigenvalue weighted by Crippen LogP contribution is 2.31. The van der Waals surface area contributed by atoms with E-state index in [-0.39, 0.29) is 11.9 Å². The number of hydrogen-bond acceptors (Lipinski definition) is 2. The summed E-state index contributed by atoms with van der Waals surface area (Å²) in [5.74, 6) is 0.0626. The zero-order chi connectivity index (χ0) is 15.6. The van der Waals surface area contributed by atoms with E-state index >= 15 is 0 Å². The Morgan fingerprint density at radius 1 is 1.24 bits per heavy atom. The Hall–Kier alpha value is -1.52. The first kappa shape index (κ1) is 15.9. The largest absolute Gasteiger partial charge is 0.384 e. The number of nitrogens with one attached hydrogen (secondary N) is 1. The summed E-state index contributed by atoms with van der Waals surface area (Å²) in [5, 5.41) is 8.45. The number of nitrogens with two attached hydrogens (primary N) is 1. The predicted octanol–water partition coefficient (Wildman–Crippen LogP) is 4.58. The van der Waals surface area contributed by atoms with Crippen LogP contribution in [0.4, 0.5) is 5.69 Å². The molecule has 5 heteroatoms. The summed E-state index contributed by atoms with van der Waals surface area (Å²) in [6.45, 7) is 2.11. The average Bonchev–Trinajstić information content (AvgIpc) is 2.46. The van der Waals surface area contributed by atoms with Crippen molar-refractivity contribution in [1.29, 1.82) is 5.41 Å². The monoisotopic (exact) mass is 365 g/mol. The van der Waals surface area contributed by atoms with Gasteiger partial charge in [0.25, 0.3) is 0 Å². The third-order valence-electron chi connectivity index (χ3n) is 3.56. The Labute approximate surface area is 138 Å². The topological polar surface area (TPSA) is 53.1 Å². The summed E-state index contributed by atoms with van der Waals surface area (Å²) >= 11 is 9.41. The van der Waals surface area contributed by atoms with Crippen molar-refractivity contribution in [2.75, 3.05) is 11.9 Å². The van der Waals surface area contributed by atoms with E-state index in [1.165, 1.54) is 0 Å². The van der Waals surface area contributed by atoms with Crippen LogP contribution in [0.5, 0.6) is 0 Å². The fourth-order valence-electron chi connectivity index (χ4n) is 2.20. The molecule has 0 spiro atoms. The van der Waals surface area contributed by atoms with Crippen LogP contribution < -0.4 is 10.6 Å². The van der Waals surface area contributed by atoms with Crippen molar-refractivity contribution in [3.05, 3.63) is 63.1 Å². The number of anilines is 1. The lowest BCUT2D eigenvalue weighted by Gasteiger charge is -2.29. The minimum Gasteiger partial charge on any atom is -0.384 e. The van der Waals surface area contributed by atoms with Gasteiger partial charge in [-0.15, -0.1) is 0 Å². The zero-order valence-corrected chi connectivity index (χ0v) is 14.2. The number of halogens is 2. The molecule has 0 saturated heterocycles. The molecule has 0 amide bonds. The highest BCUT2D eigenvalue weighted by Gasteiger charge is 2.17. The van der Waals surface area contributed by atoms with Crippen molar-refractivity contribution in [3.8, 4) is 0 Å². The van der Waals surface area contributed by atoms with Crippen molar-refractivity contribution < 1.29 is 0 Å². The molecule has 0 fully saturated rings. The fraction of sp³-hybridized carbons (Fsp3) is 0.188. The number of rotatable bonds is 4. The Kier molecular flexibility index (Phi) is 4.91. The van der Waals surface area contributed by atoms with Crippen molar-refractivity contribution in [3.63, 3.8) is 0 Å². The van der Waals surface area contributed by atoms with Gasteiger partial charge in [-0.3, -0.25) is 5.41 Å². The summed E-state index contributed by atoms with van der Waals surface area (Å²) in [5.41, 5.74) is 8.47. The molecule has 0 bridgehead atoms. The fourth-order valence-corrected chi connectivity index (χ4v) is 2.67. The second kappa shape index (κ2) is 6.50.